The topological polar surface area (TPSA) is 43.4 Å². The number of hydrogen-bond acceptors (Lipinski definition) is 3. The van der Waals surface area contributed by atoms with Crippen LogP contribution in [0.2, 0.25) is 0 Å². The molecule has 0 aromatic heterocycles. The van der Waals surface area contributed by atoms with Crippen molar-refractivity contribution in [2.24, 2.45) is 0 Å². The number of Topliss-reactive ketones (excluding diaryl/α,β-unsaturated/α-hetero) is 1. The van der Waals surface area contributed by atoms with E-state index in [-0.39, 0.29) is 12.4 Å². The third-order valence-corrected chi connectivity index (χ3v) is 2.18. The molecule has 1 rings (SSSR count). The lowest BCUT2D eigenvalue weighted by atomic mass is 9.89. The molecule has 0 saturated carbocycles. The molecule has 0 saturated heterocycles. The Morgan fingerprint density at radius 2 is 1.86 bits per heavy atom. The van der Waals surface area contributed by atoms with Crippen molar-refractivity contribution in [2.45, 2.75) is 26.4 Å². The zero-order valence-electron chi connectivity index (χ0n) is 8.66. The Labute approximate surface area is 83.4 Å². The molecule has 0 unspecified atom stereocenters. The summed E-state index contributed by atoms with van der Waals surface area (Å²) < 4.78 is 5.34. The second kappa shape index (κ2) is 3.88. The lowest BCUT2D eigenvalue weighted by Gasteiger charge is -2.26. The van der Waals surface area contributed by atoms with Crippen molar-refractivity contribution in [3.05, 3.63) is 23.3 Å². The first-order valence-corrected chi connectivity index (χ1v) is 4.50. The Morgan fingerprint density at radius 1 is 1.36 bits per heavy atom. The van der Waals surface area contributed by atoms with Gasteiger partial charge in [-0.3, -0.25) is 4.79 Å². The Bertz CT molecular complexity index is 301. The SMILES string of the molecule is CC1=CC(C)(OCC=O)C=C(C)C1=O. The van der Waals surface area contributed by atoms with Gasteiger partial charge in [0.2, 0.25) is 0 Å². The summed E-state index contributed by atoms with van der Waals surface area (Å²) in [5.74, 6) is 0.0391. The number of carbonyl (C=O) groups excluding carboxylic acids is 2. The molecule has 0 heterocycles. The first-order chi connectivity index (χ1) is 6.48. The summed E-state index contributed by atoms with van der Waals surface area (Å²) in [5, 5.41) is 0. The van der Waals surface area contributed by atoms with Gasteiger partial charge in [0.1, 0.15) is 18.5 Å². The summed E-state index contributed by atoms with van der Waals surface area (Å²) in [4.78, 5) is 21.6. The van der Waals surface area contributed by atoms with Crippen molar-refractivity contribution in [1.82, 2.24) is 0 Å². The molecule has 14 heavy (non-hydrogen) atoms. The van der Waals surface area contributed by atoms with Crippen LogP contribution in [0.25, 0.3) is 0 Å². The molecule has 1 aliphatic carbocycles. The molecule has 0 fully saturated rings. The van der Waals surface area contributed by atoms with E-state index in [0.29, 0.717) is 17.4 Å². The molecule has 0 amide bonds. The summed E-state index contributed by atoms with van der Waals surface area (Å²) in [5.41, 5.74) is 0.708. The third-order valence-electron chi connectivity index (χ3n) is 2.18. The molecular formula is C11H14O3. The van der Waals surface area contributed by atoms with Crippen LogP contribution in [0.5, 0.6) is 0 Å². The average Bonchev–Trinajstić information content (AvgIpc) is 2.11. The molecule has 1 aliphatic rings. The summed E-state index contributed by atoms with van der Waals surface area (Å²) in [6, 6.07) is 0. The quantitative estimate of drug-likeness (QED) is 0.638. The highest BCUT2D eigenvalue weighted by Gasteiger charge is 2.26. The molecule has 0 aromatic carbocycles. The molecule has 0 aromatic rings. The fourth-order valence-corrected chi connectivity index (χ4v) is 1.64. The molecule has 0 N–H and O–H groups in total. The van der Waals surface area contributed by atoms with E-state index in [0.717, 1.165) is 0 Å². The van der Waals surface area contributed by atoms with Gasteiger partial charge in [-0.15, -0.1) is 0 Å². The molecular weight excluding hydrogens is 180 g/mol. The van der Waals surface area contributed by atoms with Gasteiger partial charge in [0.25, 0.3) is 0 Å². The summed E-state index contributed by atoms with van der Waals surface area (Å²) in [6.07, 6.45) is 4.19. The van der Waals surface area contributed by atoms with Crippen molar-refractivity contribution in [2.75, 3.05) is 6.61 Å². The number of ketones is 1. The Morgan fingerprint density at radius 3 is 2.29 bits per heavy atom. The van der Waals surface area contributed by atoms with Gasteiger partial charge in [-0.1, -0.05) is 0 Å². The van der Waals surface area contributed by atoms with Crippen molar-refractivity contribution < 1.29 is 14.3 Å². The van der Waals surface area contributed by atoms with Crippen molar-refractivity contribution in [1.29, 1.82) is 0 Å². The number of aldehydes is 1. The molecule has 0 bridgehead atoms. The zero-order valence-corrected chi connectivity index (χ0v) is 8.66. The minimum Gasteiger partial charge on any atom is -0.360 e. The summed E-state index contributed by atoms with van der Waals surface area (Å²) in [7, 11) is 0. The molecule has 0 radical (unpaired) electrons. The van der Waals surface area contributed by atoms with Crippen LogP contribution < -0.4 is 0 Å². The van der Waals surface area contributed by atoms with Gasteiger partial charge in [0.05, 0.1) is 0 Å². The second-order valence-electron chi connectivity index (χ2n) is 3.65. The Balaban J connectivity index is 2.90. The van der Waals surface area contributed by atoms with Gasteiger partial charge in [0.15, 0.2) is 5.78 Å². The number of ether oxygens (including phenoxy) is 1. The predicted molar refractivity (Wildman–Crippen MR) is 52.9 cm³/mol. The second-order valence-corrected chi connectivity index (χ2v) is 3.65. The maximum Gasteiger partial charge on any atom is 0.184 e. The zero-order chi connectivity index (χ0) is 10.8. The largest absolute Gasteiger partial charge is 0.360 e. The third kappa shape index (κ3) is 2.17. The van der Waals surface area contributed by atoms with Crippen molar-refractivity contribution >= 4 is 12.1 Å². The van der Waals surface area contributed by atoms with Crippen LogP contribution in [-0.4, -0.2) is 24.3 Å². The van der Waals surface area contributed by atoms with Crippen LogP contribution >= 0.6 is 0 Å². The molecule has 3 heteroatoms. The lowest BCUT2D eigenvalue weighted by Crippen LogP contribution is -2.30. The molecule has 0 spiro atoms. The van der Waals surface area contributed by atoms with Crippen LogP contribution in [0.4, 0.5) is 0 Å². The van der Waals surface area contributed by atoms with E-state index in [1.165, 1.54) is 0 Å². The summed E-state index contributed by atoms with van der Waals surface area (Å²) in [6.45, 7) is 5.37. The van der Waals surface area contributed by atoms with E-state index in [1.54, 1.807) is 26.0 Å². The van der Waals surface area contributed by atoms with E-state index in [4.69, 9.17) is 4.74 Å². The maximum atomic E-state index is 11.4. The number of carbonyl (C=O) groups is 2. The first-order valence-electron chi connectivity index (χ1n) is 4.50. The summed E-state index contributed by atoms with van der Waals surface area (Å²) >= 11 is 0. The first kappa shape index (κ1) is 10.9. The van der Waals surface area contributed by atoms with Gasteiger partial charge in [-0.05, 0) is 44.1 Å². The van der Waals surface area contributed by atoms with Crippen LogP contribution in [0.1, 0.15) is 20.8 Å². The molecule has 3 nitrogen and oxygen atoms in total. The smallest absolute Gasteiger partial charge is 0.184 e. The minimum atomic E-state index is -0.622. The fraction of sp³-hybridized carbons (Fsp3) is 0.455. The lowest BCUT2D eigenvalue weighted by molar-refractivity contribution is -0.114. The Hall–Kier alpha value is -1.22. The van der Waals surface area contributed by atoms with Gasteiger partial charge in [-0.2, -0.15) is 0 Å². The predicted octanol–water partition coefficient (Wildman–Crippen LogP) is 1.44. The molecule has 76 valence electrons. The monoisotopic (exact) mass is 194 g/mol. The van der Waals surface area contributed by atoms with E-state index < -0.39 is 5.60 Å². The number of allylic oxidation sites excluding steroid dienone is 2. The van der Waals surface area contributed by atoms with Gasteiger partial charge >= 0.3 is 0 Å². The highest BCUT2D eigenvalue weighted by molar-refractivity contribution is 6.08. The highest BCUT2D eigenvalue weighted by atomic mass is 16.5. The van der Waals surface area contributed by atoms with E-state index in [1.807, 2.05) is 6.92 Å². The molecule has 0 atom stereocenters. The van der Waals surface area contributed by atoms with Gasteiger partial charge in [0, 0.05) is 0 Å². The van der Waals surface area contributed by atoms with Crippen LogP contribution in [0, 0.1) is 0 Å². The Kier molecular flexibility index (Phi) is 3.01. The minimum absolute atomic E-state index is 0.0391. The standard InChI is InChI=1S/C11H14O3/c1-8-6-11(3,14-5-4-12)7-9(2)10(8)13/h4,6-7H,5H2,1-3H3. The van der Waals surface area contributed by atoms with Gasteiger partial charge < -0.3 is 9.53 Å². The normalized spacial score (nSPS) is 20.1. The van der Waals surface area contributed by atoms with E-state index in [2.05, 4.69) is 0 Å². The van der Waals surface area contributed by atoms with Crippen LogP contribution in [-0.2, 0) is 14.3 Å². The average molecular weight is 194 g/mol. The van der Waals surface area contributed by atoms with Crippen LogP contribution in [0.15, 0.2) is 23.3 Å². The molecule has 0 aliphatic heterocycles. The maximum absolute atomic E-state index is 11.4. The number of hydrogen-bond donors (Lipinski definition) is 0. The van der Waals surface area contributed by atoms with E-state index in [9.17, 15) is 9.59 Å². The van der Waals surface area contributed by atoms with E-state index >= 15 is 0 Å². The van der Waals surface area contributed by atoms with Gasteiger partial charge in [-0.25, -0.2) is 0 Å². The van der Waals surface area contributed by atoms with Crippen molar-refractivity contribution in [3.63, 3.8) is 0 Å². The van der Waals surface area contributed by atoms with Crippen LogP contribution in [0.3, 0.4) is 0 Å². The number of rotatable bonds is 3. The highest BCUT2D eigenvalue weighted by Crippen LogP contribution is 2.25. The fourth-order valence-electron chi connectivity index (χ4n) is 1.64. The van der Waals surface area contributed by atoms with Crippen molar-refractivity contribution in [3.8, 4) is 0 Å².